The summed E-state index contributed by atoms with van der Waals surface area (Å²) in [6.07, 6.45) is 0. The van der Waals surface area contributed by atoms with Gasteiger partial charge in [0.1, 0.15) is 0 Å². The van der Waals surface area contributed by atoms with Crippen LogP contribution in [0.2, 0.25) is 0 Å². The van der Waals surface area contributed by atoms with E-state index in [1.165, 1.54) is 32.7 Å². The first-order valence-electron chi connectivity index (χ1n) is 4.34. The van der Waals surface area contributed by atoms with Gasteiger partial charge in [-0.15, -0.1) is 0 Å². The fourth-order valence-electron chi connectivity index (χ4n) is 1.44. The Bertz CT molecular complexity index is 109. The predicted octanol–water partition coefficient (Wildman–Crippen LogP) is 1.40. The summed E-state index contributed by atoms with van der Waals surface area (Å²) in [6, 6.07) is 0. The molecule has 0 bridgehead atoms. The smallest absolute Gasteiger partial charge is 0.0590 e. The Hall–Kier alpha value is 0.650. The maximum absolute atomic E-state index is 2.53. The first-order chi connectivity index (χ1) is 5.24. The van der Waals surface area contributed by atoms with Gasteiger partial charge in [-0.05, 0) is 13.5 Å². The van der Waals surface area contributed by atoms with E-state index >= 15 is 0 Å². The molecule has 0 aromatic rings. The van der Waals surface area contributed by atoms with E-state index in [1.54, 1.807) is 0 Å². The largest absolute Gasteiger partial charge is 0.301 e. The van der Waals surface area contributed by atoms with E-state index in [-0.39, 0.29) is 0 Å². The summed E-state index contributed by atoms with van der Waals surface area (Å²) < 4.78 is 0.701. The van der Waals surface area contributed by atoms with Crippen LogP contribution in [0.4, 0.5) is 0 Å². The third-order valence-corrected chi connectivity index (χ3v) is 3.15. The Morgan fingerprint density at radius 2 is 1.82 bits per heavy atom. The number of hydrogen-bond acceptors (Lipinski definition) is 2. The highest BCUT2D eigenvalue weighted by atomic mass is 127. The molecule has 1 aliphatic rings. The number of piperazine rings is 1. The van der Waals surface area contributed by atoms with Crippen molar-refractivity contribution in [1.29, 1.82) is 0 Å². The van der Waals surface area contributed by atoms with Crippen LogP contribution in [0.15, 0.2) is 0 Å². The van der Waals surface area contributed by atoms with Crippen LogP contribution in [-0.4, -0.2) is 46.6 Å². The number of alkyl halides is 1. The van der Waals surface area contributed by atoms with Crippen molar-refractivity contribution in [3.8, 4) is 0 Å². The van der Waals surface area contributed by atoms with Crippen LogP contribution >= 0.6 is 22.6 Å². The lowest BCUT2D eigenvalue weighted by molar-refractivity contribution is 0.137. The minimum atomic E-state index is 0.701. The zero-order chi connectivity index (χ0) is 8.27. The number of halogens is 1. The molecule has 0 aliphatic carbocycles. The lowest BCUT2D eigenvalue weighted by Crippen LogP contribution is -2.47. The average Bonchev–Trinajstić information content (AvgIpc) is 2.05. The van der Waals surface area contributed by atoms with Crippen molar-refractivity contribution >= 4 is 22.6 Å². The average molecular weight is 268 g/mol. The van der Waals surface area contributed by atoms with Crippen molar-refractivity contribution in [2.24, 2.45) is 0 Å². The van der Waals surface area contributed by atoms with Crippen molar-refractivity contribution in [3.05, 3.63) is 0 Å². The Labute approximate surface area is 83.1 Å². The monoisotopic (exact) mass is 268 g/mol. The molecule has 0 aromatic carbocycles. The van der Waals surface area contributed by atoms with E-state index in [0.29, 0.717) is 4.05 Å². The summed E-state index contributed by atoms with van der Waals surface area (Å²) in [7, 11) is 0. The molecule has 0 aromatic heterocycles. The van der Waals surface area contributed by atoms with E-state index in [1.807, 2.05) is 0 Å². The zero-order valence-corrected chi connectivity index (χ0v) is 9.54. The second kappa shape index (κ2) is 4.62. The van der Waals surface area contributed by atoms with Gasteiger partial charge in [0.25, 0.3) is 0 Å². The molecule has 11 heavy (non-hydrogen) atoms. The van der Waals surface area contributed by atoms with Crippen LogP contribution in [0.25, 0.3) is 0 Å². The number of nitrogens with zero attached hydrogens (tertiary/aromatic N) is 2. The molecule has 0 saturated carbocycles. The van der Waals surface area contributed by atoms with Gasteiger partial charge in [0.05, 0.1) is 4.05 Å². The van der Waals surface area contributed by atoms with Gasteiger partial charge in [0.15, 0.2) is 0 Å². The molecular weight excluding hydrogens is 251 g/mol. The standard InChI is InChI=1S/C8H17IN2/c1-3-10-4-6-11(7-5-10)8(2)9/h8H,3-7H2,1-2H3. The first-order valence-corrected chi connectivity index (χ1v) is 5.59. The van der Waals surface area contributed by atoms with Crippen molar-refractivity contribution in [2.45, 2.75) is 17.9 Å². The van der Waals surface area contributed by atoms with Gasteiger partial charge < -0.3 is 4.90 Å². The Morgan fingerprint density at radius 3 is 2.18 bits per heavy atom. The summed E-state index contributed by atoms with van der Waals surface area (Å²) in [5, 5.41) is 0. The number of likely N-dealkylation sites (N-methyl/N-ethyl adjacent to an activating group) is 1. The quantitative estimate of drug-likeness (QED) is 0.424. The molecule has 1 rings (SSSR count). The number of hydrogen-bond donors (Lipinski definition) is 0. The minimum Gasteiger partial charge on any atom is -0.301 e. The second-order valence-corrected chi connectivity index (χ2v) is 4.85. The van der Waals surface area contributed by atoms with E-state index < -0.39 is 0 Å². The SMILES string of the molecule is CCN1CCN(C(C)I)CC1. The Morgan fingerprint density at radius 1 is 1.27 bits per heavy atom. The molecule has 1 heterocycles. The van der Waals surface area contributed by atoms with Crippen LogP contribution in [0.3, 0.4) is 0 Å². The van der Waals surface area contributed by atoms with Gasteiger partial charge in [0, 0.05) is 26.2 Å². The molecule has 0 amide bonds. The highest BCUT2D eigenvalue weighted by molar-refractivity contribution is 14.1. The van der Waals surface area contributed by atoms with Crippen molar-refractivity contribution in [1.82, 2.24) is 9.80 Å². The third kappa shape index (κ3) is 2.87. The topological polar surface area (TPSA) is 6.48 Å². The van der Waals surface area contributed by atoms with Crippen LogP contribution in [-0.2, 0) is 0 Å². The fraction of sp³-hybridized carbons (Fsp3) is 1.00. The molecule has 0 spiro atoms. The molecule has 2 nitrogen and oxygen atoms in total. The maximum Gasteiger partial charge on any atom is 0.0590 e. The molecule has 1 fully saturated rings. The van der Waals surface area contributed by atoms with Crippen molar-refractivity contribution in [3.63, 3.8) is 0 Å². The normalized spacial score (nSPS) is 25.4. The van der Waals surface area contributed by atoms with E-state index in [0.717, 1.165) is 0 Å². The lowest BCUT2D eigenvalue weighted by atomic mass is 10.3. The van der Waals surface area contributed by atoms with Gasteiger partial charge in [0.2, 0.25) is 0 Å². The first kappa shape index (κ1) is 9.74. The fourth-order valence-corrected chi connectivity index (χ4v) is 1.99. The second-order valence-electron chi connectivity index (χ2n) is 3.04. The van der Waals surface area contributed by atoms with Crippen LogP contribution in [0.1, 0.15) is 13.8 Å². The molecular formula is C8H17IN2. The van der Waals surface area contributed by atoms with Crippen LogP contribution in [0.5, 0.6) is 0 Å². The Kier molecular flexibility index (Phi) is 4.09. The van der Waals surface area contributed by atoms with Crippen molar-refractivity contribution in [2.75, 3.05) is 32.7 Å². The third-order valence-electron chi connectivity index (χ3n) is 2.36. The highest BCUT2D eigenvalue weighted by Crippen LogP contribution is 2.10. The summed E-state index contributed by atoms with van der Waals surface area (Å²) >= 11 is 2.49. The molecule has 1 unspecified atom stereocenters. The lowest BCUT2D eigenvalue weighted by Gasteiger charge is -2.35. The summed E-state index contributed by atoms with van der Waals surface area (Å²) in [5.41, 5.74) is 0. The van der Waals surface area contributed by atoms with Crippen LogP contribution in [0, 0.1) is 0 Å². The van der Waals surface area contributed by atoms with Gasteiger partial charge >= 0.3 is 0 Å². The van der Waals surface area contributed by atoms with Gasteiger partial charge in [-0.2, -0.15) is 0 Å². The summed E-state index contributed by atoms with van der Waals surface area (Å²) in [5.74, 6) is 0. The molecule has 1 atom stereocenters. The Balaban J connectivity index is 2.24. The summed E-state index contributed by atoms with van der Waals surface area (Å²) in [6.45, 7) is 10.7. The van der Waals surface area contributed by atoms with Crippen molar-refractivity contribution < 1.29 is 0 Å². The van der Waals surface area contributed by atoms with E-state index in [4.69, 9.17) is 0 Å². The van der Waals surface area contributed by atoms with Gasteiger partial charge in [-0.25, -0.2) is 0 Å². The van der Waals surface area contributed by atoms with Crippen LogP contribution < -0.4 is 0 Å². The van der Waals surface area contributed by atoms with Gasteiger partial charge in [-0.1, -0.05) is 29.5 Å². The highest BCUT2D eigenvalue weighted by Gasteiger charge is 2.17. The summed E-state index contributed by atoms with van der Waals surface area (Å²) in [4.78, 5) is 5.04. The predicted molar refractivity (Wildman–Crippen MR) is 57.2 cm³/mol. The molecule has 1 saturated heterocycles. The number of rotatable bonds is 2. The maximum atomic E-state index is 2.53. The molecule has 0 N–H and O–H groups in total. The minimum absolute atomic E-state index is 0.701. The van der Waals surface area contributed by atoms with E-state index in [2.05, 4.69) is 46.2 Å². The van der Waals surface area contributed by atoms with E-state index in [9.17, 15) is 0 Å². The zero-order valence-electron chi connectivity index (χ0n) is 7.39. The molecule has 3 heteroatoms. The molecule has 0 radical (unpaired) electrons. The molecule has 1 aliphatic heterocycles. The molecule has 66 valence electrons. The van der Waals surface area contributed by atoms with Gasteiger partial charge in [-0.3, -0.25) is 4.90 Å².